The van der Waals surface area contributed by atoms with Gasteiger partial charge in [-0.1, -0.05) is 66.9 Å². The zero-order valence-electron chi connectivity index (χ0n) is 17.2. The molecular weight excluding hydrogens is 407 g/mol. The number of carbonyl (C=O) groups is 2. The Bertz CT molecular complexity index is 855. The highest BCUT2D eigenvalue weighted by Crippen LogP contribution is 2.24. The van der Waals surface area contributed by atoms with E-state index in [2.05, 4.69) is 12.2 Å². The van der Waals surface area contributed by atoms with Crippen LogP contribution in [-0.2, 0) is 22.6 Å². The molecule has 29 heavy (non-hydrogen) atoms. The number of hydrogen-bond donors (Lipinski definition) is 1. The molecule has 0 aliphatic rings. The van der Waals surface area contributed by atoms with Gasteiger partial charge in [-0.15, -0.1) is 0 Å². The standard InChI is InChI=1S/C23H28Cl2N2O2/c1-4-5-12-26-23(29)17(3)27(15-18-10-11-20(24)21(25)13-18)22(28)14-19-9-7-6-8-16(19)2/h6-11,13,17H,4-5,12,14-15H2,1-3H3,(H,26,29). The van der Waals surface area contributed by atoms with Crippen LogP contribution in [0.5, 0.6) is 0 Å². The summed E-state index contributed by atoms with van der Waals surface area (Å²) in [5.74, 6) is -0.264. The monoisotopic (exact) mass is 434 g/mol. The van der Waals surface area contributed by atoms with Crippen molar-refractivity contribution in [3.8, 4) is 0 Å². The lowest BCUT2D eigenvalue weighted by Crippen LogP contribution is -2.48. The van der Waals surface area contributed by atoms with Crippen LogP contribution in [0, 0.1) is 6.92 Å². The Morgan fingerprint density at radius 1 is 1.10 bits per heavy atom. The molecule has 156 valence electrons. The van der Waals surface area contributed by atoms with Gasteiger partial charge in [0.25, 0.3) is 0 Å². The van der Waals surface area contributed by atoms with Gasteiger partial charge in [-0.3, -0.25) is 9.59 Å². The van der Waals surface area contributed by atoms with Crippen LogP contribution >= 0.6 is 23.2 Å². The highest BCUT2D eigenvalue weighted by Gasteiger charge is 2.26. The van der Waals surface area contributed by atoms with Crippen LogP contribution in [0.2, 0.25) is 10.0 Å². The Balaban J connectivity index is 2.23. The number of nitrogens with zero attached hydrogens (tertiary/aromatic N) is 1. The first-order valence-electron chi connectivity index (χ1n) is 9.89. The van der Waals surface area contributed by atoms with Crippen molar-refractivity contribution < 1.29 is 9.59 Å². The van der Waals surface area contributed by atoms with E-state index in [0.717, 1.165) is 29.5 Å². The number of carbonyl (C=O) groups excluding carboxylic acids is 2. The molecule has 2 rings (SSSR count). The molecule has 2 aromatic rings. The van der Waals surface area contributed by atoms with Crippen LogP contribution < -0.4 is 5.32 Å². The second-order valence-corrected chi connectivity index (χ2v) is 8.01. The normalized spacial score (nSPS) is 11.8. The molecule has 0 aromatic heterocycles. The zero-order valence-corrected chi connectivity index (χ0v) is 18.7. The summed E-state index contributed by atoms with van der Waals surface area (Å²) >= 11 is 12.2. The van der Waals surface area contributed by atoms with Crippen LogP contribution in [0.1, 0.15) is 43.4 Å². The molecule has 6 heteroatoms. The average molecular weight is 435 g/mol. The molecule has 0 radical (unpaired) electrons. The van der Waals surface area contributed by atoms with E-state index < -0.39 is 6.04 Å². The van der Waals surface area contributed by atoms with E-state index in [1.165, 1.54) is 0 Å². The minimum atomic E-state index is -0.599. The van der Waals surface area contributed by atoms with Crippen molar-refractivity contribution in [1.29, 1.82) is 0 Å². The summed E-state index contributed by atoms with van der Waals surface area (Å²) in [5, 5.41) is 3.80. The molecule has 0 aliphatic heterocycles. The van der Waals surface area contributed by atoms with Crippen LogP contribution in [0.4, 0.5) is 0 Å². The van der Waals surface area contributed by atoms with E-state index in [1.807, 2.05) is 37.3 Å². The van der Waals surface area contributed by atoms with E-state index in [0.29, 0.717) is 16.6 Å². The number of nitrogens with one attached hydrogen (secondary N) is 1. The predicted molar refractivity (Wildman–Crippen MR) is 119 cm³/mol. The van der Waals surface area contributed by atoms with Crippen LogP contribution in [0.15, 0.2) is 42.5 Å². The molecular formula is C23H28Cl2N2O2. The Hall–Kier alpha value is -2.04. The van der Waals surface area contributed by atoms with Gasteiger partial charge in [0.15, 0.2) is 0 Å². The Kier molecular flexibility index (Phi) is 8.99. The lowest BCUT2D eigenvalue weighted by Gasteiger charge is -2.29. The highest BCUT2D eigenvalue weighted by molar-refractivity contribution is 6.42. The summed E-state index contributed by atoms with van der Waals surface area (Å²) in [6.45, 7) is 6.69. The lowest BCUT2D eigenvalue weighted by atomic mass is 10.0. The van der Waals surface area contributed by atoms with Gasteiger partial charge in [-0.25, -0.2) is 0 Å². The third kappa shape index (κ3) is 6.76. The molecule has 0 heterocycles. The first kappa shape index (κ1) is 23.2. The molecule has 1 N–H and O–H groups in total. The van der Waals surface area contributed by atoms with Gasteiger partial charge in [0.2, 0.25) is 11.8 Å². The van der Waals surface area contributed by atoms with Gasteiger partial charge < -0.3 is 10.2 Å². The number of rotatable bonds is 9. The number of halogens is 2. The van der Waals surface area contributed by atoms with Crippen LogP contribution in [-0.4, -0.2) is 29.3 Å². The molecule has 0 fully saturated rings. The van der Waals surface area contributed by atoms with Crippen molar-refractivity contribution in [2.24, 2.45) is 0 Å². The first-order chi connectivity index (χ1) is 13.8. The lowest BCUT2D eigenvalue weighted by molar-refractivity contribution is -0.140. The van der Waals surface area contributed by atoms with E-state index in [1.54, 1.807) is 24.0 Å². The summed E-state index contributed by atoms with van der Waals surface area (Å²) in [4.78, 5) is 27.4. The van der Waals surface area contributed by atoms with Crippen molar-refractivity contribution in [1.82, 2.24) is 10.2 Å². The topological polar surface area (TPSA) is 49.4 Å². The van der Waals surface area contributed by atoms with Gasteiger partial charge in [-0.2, -0.15) is 0 Å². The fourth-order valence-corrected chi connectivity index (χ4v) is 3.35. The fraction of sp³-hybridized carbons (Fsp3) is 0.391. The number of aryl methyl sites for hydroxylation is 1. The molecule has 0 saturated carbocycles. The molecule has 2 aromatic carbocycles. The molecule has 0 saturated heterocycles. The number of benzene rings is 2. The number of hydrogen-bond acceptors (Lipinski definition) is 2. The van der Waals surface area contributed by atoms with E-state index in [4.69, 9.17) is 23.2 Å². The van der Waals surface area contributed by atoms with Gasteiger partial charge in [0.1, 0.15) is 6.04 Å². The summed E-state index contributed by atoms with van der Waals surface area (Å²) < 4.78 is 0. The number of amides is 2. The maximum atomic E-state index is 13.2. The van der Waals surface area contributed by atoms with Gasteiger partial charge in [0.05, 0.1) is 16.5 Å². The number of unbranched alkanes of at least 4 members (excludes halogenated alkanes) is 1. The minimum Gasteiger partial charge on any atom is -0.354 e. The van der Waals surface area contributed by atoms with Gasteiger partial charge >= 0.3 is 0 Å². The summed E-state index contributed by atoms with van der Waals surface area (Å²) in [5.41, 5.74) is 2.83. The SMILES string of the molecule is CCCCNC(=O)C(C)N(Cc1ccc(Cl)c(Cl)c1)C(=O)Cc1ccccc1C. The van der Waals surface area contributed by atoms with Crippen molar-refractivity contribution in [2.45, 2.75) is 52.6 Å². The van der Waals surface area contributed by atoms with Gasteiger partial charge in [-0.05, 0) is 49.1 Å². The molecule has 0 bridgehead atoms. The molecule has 1 atom stereocenters. The van der Waals surface area contributed by atoms with Crippen molar-refractivity contribution >= 4 is 35.0 Å². The van der Waals surface area contributed by atoms with E-state index in [9.17, 15) is 9.59 Å². The van der Waals surface area contributed by atoms with E-state index in [-0.39, 0.29) is 24.8 Å². The summed E-state index contributed by atoms with van der Waals surface area (Å²) in [6, 6.07) is 12.4. The first-order valence-corrected chi connectivity index (χ1v) is 10.6. The van der Waals surface area contributed by atoms with Crippen LogP contribution in [0.3, 0.4) is 0 Å². The predicted octanol–water partition coefficient (Wildman–Crippen LogP) is 5.18. The highest BCUT2D eigenvalue weighted by atomic mass is 35.5. The Labute approximate surface area is 183 Å². The molecule has 4 nitrogen and oxygen atoms in total. The molecule has 2 amide bonds. The van der Waals surface area contributed by atoms with E-state index >= 15 is 0 Å². The maximum absolute atomic E-state index is 13.2. The third-order valence-corrected chi connectivity index (χ3v) is 5.68. The average Bonchev–Trinajstić information content (AvgIpc) is 2.70. The van der Waals surface area contributed by atoms with Gasteiger partial charge in [0, 0.05) is 13.1 Å². The second kappa shape index (κ2) is 11.2. The molecule has 1 unspecified atom stereocenters. The smallest absolute Gasteiger partial charge is 0.242 e. The zero-order chi connectivity index (χ0) is 21.4. The Morgan fingerprint density at radius 2 is 1.83 bits per heavy atom. The van der Waals surface area contributed by atoms with Crippen LogP contribution in [0.25, 0.3) is 0 Å². The maximum Gasteiger partial charge on any atom is 0.242 e. The Morgan fingerprint density at radius 3 is 2.48 bits per heavy atom. The second-order valence-electron chi connectivity index (χ2n) is 7.19. The summed E-state index contributed by atoms with van der Waals surface area (Å²) in [6.07, 6.45) is 2.14. The van der Waals surface area contributed by atoms with Crippen molar-refractivity contribution in [3.05, 3.63) is 69.2 Å². The molecule has 0 spiro atoms. The fourth-order valence-electron chi connectivity index (χ4n) is 3.03. The van der Waals surface area contributed by atoms with Crippen molar-refractivity contribution in [2.75, 3.05) is 6.54 Å². The van der Waals surface area contributed by atoms with Crippen molar-refractivity contribution in [3.63, 3.8) is 0 Å². The minimum absolute atomic E-state index is 0.108. The largest absolute Gasteiger partial charge is 0.354 e. The third-order valence-electron chi connectivity index (χ3n) is 4.94. The quantitative estimate of drug-likeness (QED) is 0.552. The summed E-state index contributed by atoms with van der Waals surface area (Å²) in [7, 11) is 0. The molecule has 0 aliphatic carbocycles.